The van der Waals surface area contributed by atoms with E-state index >= 15 is 0 Å². The Bertz CT molecular complexity index is 415. The molecule has 0 radical (unpaired) electrons. The maximum Gasteiger partial charge on any atom is 0.326 e. The van der Waals surface area contributed by atoms with Crippen molar-refractivity contribution in [2.45, 2.75) is 51.9 Å². The van der Waals surface area contributed by atoms with Gasteiger partial charge in [0.25, 0.3) is 0 Å². The third kappa shape index (κ3) is 7.40. The molecule has 1 amide bonds. The van der Waals surface area contributed by atoms with E-state index in [0.717, 1.165) is 0 Å². The second-order valence-corrected chi connectivity index (χ2v) is 4.48. The fourth-order valence-electron chi connectivity index (χ4n) is 1.43. The summed E-state index contributed by atoms with van der Waals surface area (Å²) in [4.78, 5) is 36.4. The number of ketones is 1. The summed E-state index contributed by atoms with van der Waals surface area (Å²) in [7, 11) is 0. The van der Waals surface area contributed by atoms with Gasteiger partial charge in [-0.05, 0) is 27.2 Å². The Kier molecular flexibility index (Phi) is 8.03. The maximum absolute atomic E-state index is 11.7. The summed E-state index contributed by atoms with van der Waals surface area (Å²) >= 11 is 0. The van der Waals surface area contributed by atoms with E-state index in [1.165, 1.54) is 6.92 Å². The molecular weight excluding hydrogens is 266 g/mol. The molecule has 0 spiro atoms. The number of ether oxygens (including phenoxy) is 1. The van der Waals surface area contributed by atoms with Gasteiger partial charge in [0.15, 0.2) is 0 Å². The second kappa shape index (κ2) is 8.95. The molecule has 0 bridgehead atoms. The zero-order chi connectivity index (χ0) is 15.7. The first kappa shape index (κ1) is 17.9. The highest BCUT2D eigenvalue weighted by molar-refractivity contribution is 6.25. The van der Waals surface area contributed by atoms with Crippen LogP contribution in [0, 0.1) is 0 Å². The van der Waals surface area contributed by atoms with Crippen LogP contribution < -0.4 is 5.32 Å². The van der Waals surface area contributed by atoms with E-state index < -0.39 is 29.8 Å². The predicted molar refractivity (Wildman–Crippen MR) is 69.2 cm³/mol. The average Bonchev–Trinajstić information content (AvgIpc) is 2.33. The topological polar surface area (TPSA) is 129 Å². The summed E-state index contributed by atoms with van der Waals surface area (Å²) in [6.45, 7) is 5.02. The van der Waals surface area contributed by atoms with Gasteiger partial charge in [-0.3, -0.25) is 9.59 Å². The molecule has 0 aromatic heterocycles. The van der Waals surface area contributed by atoms with Crippen LogP contribution in [0.1, 0.15) is 33.6 Å². The van der Waals surface area contributed by atoms with E-state index in [-0.39, 0.29) is 18.9 Å². The Morgan fingerprint density at radius 3 is 2.40 bits per heavy atom. The lowest BCUT2D eigenvalue weighted by Gasteiger charge is -2.19. The van der Waals surface area contributed by atoms with Crippen LogP contribution >= 0.6 is 0 Å². The zero-order valence-corrected chi connectivity index (χ0v) is 11.7. The molecule has 0 aliphatic rings. The van der Waals surface area contributed by atoms with Gasteiger partial charge < -0.3 is 20.7 Å². The second-order valence-electron chi connectivity index (χ2n) is 4.48. The number of carboxylic acids is 1. The van der Waals surface area contributed by atoms with Crippen LogP contribution in [0.25, 0.3) is 5.53 Å². The van der Waals surface area contributed by atoms with Crippen LogP contribution in [-0.4, -0.2) is 52.0 Å². The Morgan fingerprint density at radius 2 is 1.95 bits per heavy atom. The maximum atomic E-state index is 11.7. The van der Waals surface area contributed by atoms with Crippen molar-refractivity contribution >= 4 is 23.9 Å². The number of aliphatic carboxylic acids is 1. The molecule has 0 saturated heterocycles. The molecule has 8 heteroatoms. The van der Waals surface area contributed by atoms with E-state index in [1.807, 2.05) is 0 Å². The number of carboxylic acid groups (broad SMARTS) is 1. The summed E-state index contributed by atoms with van der Waals surface area (Å²) in [5, 5.41) is 11.3. The number of nitrogens with zero attached hydrogens (tertiary/aromatic N) is 2. The van der Waals surface area contributed by atoms with Crippen LogP contribution in [0.2, 0.25) is 0 Å². The summed E-state index contributed by atoms with van der Waals surface area (Å²) in [6, 6.07) is -1.20. The van der Waals surface area contributed by atoms with Crippen LogP contribution in [0.4, 0.5) is 0 Å². The Morgan fingerprint density at radius 1 is 1.35 bits per heavy atom. The van der Waals surface area contributed by atoms with Crippen molar-refractivity contribution in [1.82, 2.24) is 5.32 Å². The van der Waals surface area contributed by atoms with Gasteiger partial charge in [-0.1, -0.05) is 0 Å². The molecule has 0 aromatic rings. The summed E-state index contributed by atoms with van der Waals surface area (Å²) in [6.07, 6.45) is -0.514. The number of carbonyl (C=O) groups excluding carboxylic acids is 2. The van der Waals surface area contributed by atoms with Gasteiger partial charge in [0.05, 0.1) is 6.10 Å². The quantitative estimate of drug-likeness (QED) is 0.350. The Hall–Kier alpha value is -2.05. The minimum Gasteiger partial charge on any atom is -0.480 e. The Labute approximate surface area is 116 Å². The lowest BCUT2D eigenvalue weighted by atomic mass is 10.1. The van der Waals surface area contributed by atoms with Crippen LogP contribution in [-0.2, 0) is 19.1 Å². The molecule has 0 saturated carbocycles. The molecular formula is C12H19N3O5. The summed E-state index contributed by atoms with van der Waals surface area (Å²) in [5.74, 6) is -2.34. The number of nitrogens with one attached hydrogen (secondary N) is 1. The van der Waals surface area contributed by atoms with E-state index in [0.29, 0.717) is 6.21 Å². The monoisotopic (exact) mass is 285 g/mol. The van der Waals surface area contributed by atoms with Crippen molar-refractivity contribution < 1.29 is 29.0 Å². The van der Waals surface area contributed by atoms with Gasteiger partial charge in [-0.25, -0.2) is 4.79 Å². The first-order valence-electron chi connectivity index (χ1n) is 6.16. The highest BCUT2D eigenvalue weighted by Gasteiger charge is 2.24. The molecule has 112 valence electrons. The standard InChI is InChI=1S/C12H19N3O5/c1-7(2)20-8(3)11(17)15-10(12(18)19)5-4-9(16)6-14-13/h6-8,10H,4-5H2,1-3H3,(H,15,17)(H,18,19)/t8-,10-/m0/s1. The number of amides is 1. The molecule has 2 atom stereocenters. The smallest absolute Gasteiger partial charge is 0.326 e. The van der Waals surface area contributed by atoms with Crippen LogP contribution in [0.15, 0.2) is 0 Å². The lowest BCUT2D eigenvalue weighted by Crippen LogP contribution is -2.46. The fourth-order valence-corrected chi connectivity index (χ4v) is 1.43. The summed E-state index contributed by atoms with van der Waals surface area (Å²) < 4.78 is 5.23. The molecule has 20 heavy (non-hydrogen) atoms. The van der Waals surface area contributed by atoms with Crippen molar-refractivity contribution in [1.29, 1.82) is 0 Å². The highest BCUT2D eigenvalue weighted by atomic mass is 16.5. The number of Topliss-reactive ketones (excluding diaryl/α,β-unsaturated/α-hetero) is 1. The number of carbonyl (C=O) groups is 3. The largest absolute Gasteiger partial charge is 0.480 e. The number of hydrogen-bond acceptors (Lipinski definition) is 4. The molecule has 0 aliphatic heterocycles. The predicted octanol–water partition coefficient (Wildman–Crippen LogP) is 0.0192. The number of rotatable bonds is 9. The van der Waals surface area contributed by atoms with E-state index in [1.54, 1.807) is 13.8 Å². The molecule has 0 aromatic carbocycles. The molecule has 0 rings (SSSR count). The van der Waals surface area contributed by atoms with Crippen molar-refractivity contribution in [3.8, 4) is 0 Å². The van der Waals surface area contributed by atoms with Gasteiger partial charge in [0.1, 0.15) is 12.1 Å². The van der Waals surface area contributed by atoms with E-state index in [4.69, 9.17) is 15.4 Å². The average molecular weight is 285 g/mol. The SMILES string of the molecule is CC(C)O[C@@H](C)C(=O)N[C@@H](CCC(=O)C=[N+]=[N-])C(=O)O. The van der Waals surface area contributed by atoms with Gasteiger partial charge >= 0.3 is 12.2 Å². The third-order valence-electron chi connectivity index (χ3n) is 2.34. The molecule has 8 nitrogen and oxygen atoms in total. The zero-order valence-electron chi connectivity index (χ0n) is 11.7. The molecule has 0 unspecified atom stereocenters. The normalized spacial score (nSPS) is 13.2. The minimum atomic E-state index is -1.25. The van der Waals surface area contributed by atoms with Gasteiger partial charge in [-0.2, -0.15) is 4.79 Å². The van der Waals surface area contributed by atoms with Crippen molar-refractivity contribution in [3.05, 3.63) is 5.53 Å². The molecule has 2 N–H and O–H groups in total. The molecule has 0 aliphatic carbocycles. The molecule has 0 heterocycles. The van der Waals surface area contributed by atoms with Gasteiger partial charge in [0.2, 0.25) is 11.7 Å². The van der Waals surface area contributed by atoms with Crippen LogP contribution in [0.5, 0.6) is 0 Å². The van der Waals surface area contributed by atoms with Gasteiger partial charge in [0, 0.05) is 6.42 Å². The van der Waals surface area contributed by atoms with Crippen molar-refractivity contribution in [2.75, 3.05) is 0 Å². The van der Waals surface area contributed by atoms with E-state index in [9.17, 15) is 14.4 Å². The van der Waals surface area contributed by atoms with Crippen LogP contribution in [0.3, 0.4) is 0 Å². The van der Waals surface area contributed by atoms with E-state index in [2.05, 4.69) is 10.1 Å². The molecule has 0 fully saturated rings. The minimum absolute atomic E-state index is 0.0969. The van der Waals surface area contributed by atoms with Crippen molar-refractivity contribution in [2.24, 2.45) is 0 Å². The van der Waals surface area contributed by atoms with Gasteiger partial charge in [-0.15, -0.1) is 0 Å². The first-order valence-corrected chi connectivity index (χ1v) is 6.16. The highest BCUT2D eigenvalue weighted by Crippen LogP contribution is 2.02. The lowest BCUT2D eigenvalue weighted by molar-refractivity contribution is -0.145. The summed E-state index contributed by atoms with van der Waals surface area (Å²) in [5.41, 5.74) is 8.16. The number of hydrogen-bond donors (Lipinski definition) is 2. The third-order valence-corrected chi connectivity index (χ3v) is 2.34. The first-order chi connectivity index (χ1) is 9.27. The van der Waals surface area contributed by atoms with Crippen molar-refractivity contribution in [3.63, 3.8) is 0 Å². The Balaban J connectivity index is 4.47. The fraction of sp³-hybridized carbons (Fsp3) is 0.667.